The minimum Gasteiger partial charge on any atom is -0.237 e. The molecule has 11 heavy (non-hydrogen) atoms. The maximum Gasteiger partial charge on any atom is 0.0822 e. The molecule has 0 saturated heterocycles. The van der Waals surface area contributed by atoms with Crippen LogP contribution in [0, 0.1) is 0 Å². The normalized spacial score (nSPS) is 10.4. The smallest absolute Gasteiger partial charge is 0.0822 e. The Bertz CT molecular complexity index is 58.6. The molecule has 0 aromatic heterocycles. The van der Waals surface area contributed by atoms with Crippen molar-refractivity contribution in [2.75, 3.05) is 11.0 Å². The van der Waals surface area contributed by atoms with Crippen LogP contribution in [0.3, 0.4) is 0 Å². The van der Waals surface area contributed by atoms with Gasteiger partial charge in [0.1, 0.15) is 0 Å². The molecule has 1 nitrogen and oxygen atoms in total. The Kier molecular flexibility index (Phi) is 11.4. The molecule has 1 radical (unpaired) electrons. The Morgan fingerprint density at radius 2 is 1.18 bits per heavy atom. The summed E-state index contributed by atoms with van der Waals surface area (Å²) in [6.45, 7) is 0.119. The van der Waals surface area contributed by atoms with Crippen molar-refractivity contribution < 1.29 is 5.11 Å². The molecular formula is C9H18IO. The number of unbranched alkanes of at least 4 members (excludes halogenated alkanes) is 6. The van der Waals surface area contributed by atoms with Crippen LogP contribution in [0.2, 0.25) is 0 Å². The van der Waals surface area contributed by atoms with E-state index in [-0.39, 0.29) is 6.61 Å². The monoisotopic (exact) mass is 269 g/mol. The second-order valence-electron chi connectivity index (χ2n) is 2.87. The Labute approximate surface area is 83.7 Å². The van der Waals surface area contributed by atoms with Gasteiger partial charge in [-0.3, -0.25) is 0 Å². The standard InChI is InChI=1S/C9H18IO/c10-8-6-4-2-1-3-5-7-9-11/h1-9H2. The van der Waals surface area contributed by atoms with Crippen molar-refractivity contribution in [1.82, 2.24) is 0 Å². The number of hydrogen-bond acceptors (Lipinski definition) is 0. The molecule has 0 N–H and O–H groups in total. The number of halogens is 1. The van der Waals surface area contributed by atoms with Gasteiger partial charge in [-0.05, 0) is 17.3 Å². The minimum absolute atomic E-state index is 0.119. The highest BCUT2D eigenvalue weighted by atomic mass is 127. The van der Waals surface area contributed by atoms with E-state index < -0.39 is 0 Å². The molecule has 0 aromatic carbocycles. The fourth-order valence-corrected chi connectivity index (χ4v) is 1.62. The van der Waals surface area contributed by atoms with Crippen molar-refractivity contribution in [3.05, 3.63) is 0 Å². The predicted octanol–water partition coefficient (Wildman–Crippen LogP) is 3.58. The molecule has 0 aliphatic heterocycles. The molecule has 0 atom stereocenters. The van der Waals surface area contributed by atoms with Crippen LogP contribution in [0.5, 0.6) is 0 Å². The van der Waals surface area contributed by atoms with E-state index in [1.54, 1.807) is 0 Å². The summed E-state index contributed by atoms with van der Waals surface area (Å²) in [4.78, 5) is 0. The van der Waals surface area contributed by atoms with Crippen LogP contribution in [-0.4, -0.2) is 11.0 Å². The van der Waals surface area contributed by atoms with Crippen molar-refractivity contribution in [3.8, 4) is 0 Å². The van der Waals surface area contributed by atoms with Crippen molar-refractivity contribution in [3.63, 3.8) is 0 Å². The molecule has 0 rings (SSSR count). The molecule has 2 heteroatoms. The van der Waals surface area contributed by atoms with Crippen LogP contribution in [-0.2, 0) is 5.11 Å². The van der Waals surface area contributed by atoms with Crippen LogP contribution in [0.1, 0.15) is 44.9 Å². The van der Waals surface area contributed by atoms with E-state index in [1.807, 2.05) is 0 Å². The Hall–Kier alpha value is 0.690. The first-order chi connectivity index (χ1) is 5.41. The molecule has 0 spiro atoms. The summed E-state index contributed by atoms with van der Waals surface area (Å²) in [6.07, 6.45) is 8.73. The van der Waals surface area contributed by atoms with E-state index in [0.29, 0.717) is 0 Å². The highest BCUT2D eigenvalue weighted by Crippen LogP contribution is 2.07. The zero-order chi connectivity index (χ0) is 8.36. The lowest BCUT2D eigenvalue weighted by Gasteiger charge is -1.98. The maximum absolute atomic E-state index is 10.1. The van der Waals surface area contributed by atoms with Gasteiger partial charge < -0.3 is 0 Å². The van der Waals surface area contributed by atoms with Crippen molar-refractivity contribution in [2.45, 2.75) is 44.9 Å². The van der Waals surface area contributed by atoms with E-state index in [9.17, 15) is 5.11 Å². The maximum atomic E-state index is 10.1. The number of hydrogen-bond donors (Lipinski definition) is 0. The molecule has 0 aromatic rings. The third-order valence-corrected chi connectivity index (χ3v) is 2.54. The Morgan fingerprint density at radius 1 is 0.727 bits per heavy atom. The van der Waals surface area contributed by atoms with Crippen molar-refractivity contribution in [1.29, 1.82) is 0 Å². The lowest BCUT2D eigenvalue weighted by Crippen LogP contribution is -1.83. The fraction of sp³-hybridized carbons (Fsp3) is 1.00. The largest absolute Gasteiger partial charge is 0.237 e. The van der Waals surface area contributed by atoms with Gasteiger partial charge in [-0.25, -0.2) is 5.11 Å². The van der Waals surface area contributed by atoms with Gasteiger partial charge in [0.05, 0.1) is 6.61 Å². The van der Waals surface area contributed by atoms with E-state index in [0.717, 1.165) is 12.8 Å². The fourth-order valence-electron chi connectivity index (χ4n) is 1.08. The zero-order valence-corrected chi connectivity index (χ0v) is 9.31. The molecule has 67 valence electrons. The summed E-state index contributed by atoms with van der Waals surface area (Å²) in [6, 6.07) is 0. The van der Waals surface area contributed by atoms with Gasteiger partial charge in [-0.2, -0.15) is 0 Å². The van der Waals surface area contributed by atoms with Gasteiger partial charge in [0, 0.05) is 0 Å². The van der Waals surface area contributed by atoms with Crippen LogP contribution < -0.4 is 0 Å². The van der Waals surface area contributed by atoms with E-state index >= 15 is 0 Å². The van der Waals surface area contributed by atoms with Gasteiger partial charge in [0.2, 0.25) is 0 Å². The number of rotatable bonds is 8. The molecule has 0 unspecified atom stereocenters. The second-order valence-corrected chi connectivity index (χ2v) is 3.95. The van der Waals surface area contributed by atoms with Crippen LogP contribution >= 0.6 is 22.6 Å². The SMILES string of the molecule is [O]CCCCCCCCCI. The molecular weight excluding hydrogens is 251 g/mol. The summed E-state index contributed by atoms with van der Waals surface area (Å²) in [5.41, 5.74) is 0. The summed E-state index contributed by atoms with van der Waals surface area (Å²) < 4.78 is 1.29. The Balaban J connectivity index is 2.69. The predicted molar refractivity (Wildman–Crippen MR) is 56.8 cm³/mol. The molecule has 0 aliphatic rings. The number of alkyl halides is 1. The Morgan fingerprint density at radius 3 is 1.64 bits per heavy atom. The van der Waals surface area contributed by atoms with Crippen molar-refractivity contribution in [2.24, 2.45) is 0 Å². The first kappa shape index (κ1) is 11.7. The molecule has 0 saturated carbocycles. The average Bonchev–Trinajstić information content (AvgIpc) is 2.03. The third-order valence-electron chi connectivity index (χ3n) is 1.78. The van der Waals surface area contributed by atoms with E-state index in [4.69, 9.17) is 0 Å². The van der Waals surface area contributed by atoms with Gasteiger partial charge >= 0.3 is 0 Å². The van der Waals surface area contributed by atoms with Gasteiger partial charge in [-0.1, -0.05) is 54.7 Å². The topological polar surface area (TPSA) is 19.9 Å². The summed E-state index contributed by atoms with van der Waals surface area (Å²) in [5, 5.41) is 10.1. The summed E-state index contributed by atoms with van der Waals surface area (Å²) in [5.74, 6) is 0. The van der Waals surface area contributed by atoms with Crippen LogP contribution in [0.15, 0.2) is 0 Å². The first-order valence-electron chi connectivity index (χ1n) is 4.56. The quantitative estimate of drug-likeness (QED) is 0.364. The summed E-state index contributed by atoms with van der Waals surface area (Å²) >= 11 is 2.42. The van der Waals surface area contributed by atoms with E-state index in [2.05, 4.69) is 22.6 Å². The highest BCUT2D eigenvalue weighted by molar-refractivity contribution is 14.1. The van der Waals surface area contributed by atoms with Crippen LogP contribution in [0.4, 0.5) is 0 Å². The van der Waals surface area contributed by atoms with Gasteiger partial charge in [0.15, 0.2) is 0 Å². The zero-order valence-electron chi connectivity index (χ0n) is 7.15. The lowest BCUT2D eigenvalue weighted by atomic mass is 10.1. The molecule has 0 heterocycles. The van der Waals surface area contributed by atoms with Crippen molar-refractivity contribution >= 4 is 22.6 Å². The second kappa shape index (κ2) is 10.7. The minimum atomic E-state index is 0.119. The highest BCUT2D eigenvalue weighted by Gasteiger charge is 1.90. The molecule has 0 amide bonds. The van der Waals surface area contributed by atoms with Gasteiger partial charge in [0.25, 0.3) is 0 Å². The molecule has 0 bridgehead atoms. The summed E-state index contributed by atoms with van der Waals surface area (Å²) in [7, 11) is 0. The third kappa shape index (κ3) is 10.7. The van der Waals surface area contributed by atoms with E-state index in [1.165, 1.54) is 36.5 Å². The first-order valence-corrected chi connectivity index (χ1v) is 6.08. The molecule has 0 fully saturated rings. The lowest BCUT2D eigenvalue weighted by molar-refractivity contribution is 0.186. The van der Waals surface area contributed by atoms with Gasteiger partial charge in [-0.15, -0.1) is 0 Å². The van der Waals surface area contributed by atoms with Crippen LogP contribution in [0.25, 0.3) is 0 Å². The molecule has 0 aliphatic carbocycles. The average molecular weight is 269 g/mol.